The number of ether oxygens (including phenoxy) is 3. The molecule has 3 rings (SSSR count). The molecule has 0 bridgehead atoms. The summed E-state index contributed by atoms with van der Waals surface area (Å²) in [6.45, 7) is 18.3. The molecule has 0 spiro atoms. The summed E-state index contributed by atoms with van der Waals surface area (Å²) in [5.74, 6) is 0.261. The number of rotatable bonds is 9. The van der Waals surface area contributed by atoms with E-state index in [4.69, 9.17) is 14.2 Å². The molecular formula is C29H43N3O5. The first-order chi connectivity index (χ1) is 17.2. The molecule has 0 aromatic carbocycles. The van der Waals surface area contributed by atoms with Gasteiger partial charge in [-0.3, -0.25) is 4.98 Å². The lowest BCUT2D eigenvalue weighted by atomic mass is 9.82. The van der Waals surface area contributed by atoms with Crippen LogP contribution >= 0.6 is 0 Å². The predicted octanol–water partition coefficient (Wildman–Crippen LogP) is 6.06. The zero-order valence-corrected chi connectivity index (χ0v) is 23.8. The Morgan fingerprint density at radius 1 is 1.16 bits per heavy atom. The van der Waals surface area contributed by atoms with Crippen LogP contribution in [-0.2, 0) is 9.53 Å². The molecule has 1 N–H and O–H groups in total. The predicted molar refractivity (Wildman–Crippen MR) is 146 cm³/mol. The molecule has 1 atom stereocenters. The highest BCUT2D eigenvalue weighted by Crippen LogP contribution is 2.44. The van der Waals surface area contributed by atoms with Crippen LogP contribution in [0.25, 0.3) is 11.1 Å². The van der Waals surface area contributed by atoms with Gasteiger partial charge in [0.2, 0.25) is 0 Å². The van der Waals surface area contributed by atoms with Gasteiger partial charge in [0.25, 0.3) is 5.88 Å². The number of piperidine rings is 1. The smallest absolute Gasteiger partial charge is 0.337 e. The van der Waals surface area contributed by atoms with E-state index in [2.05, 4.69) is 42.6 Å². The van der Waals surface area contributed by atoms with Gasteiger partial charge in [0.1, 0.15) is 0 Å². The van der Waals surface area contributed by atoms with Gasteiger partial charge in [-0.15, -0.1) is 0 Å². The first-order valence-corrected chi connectivity index (χ1v) is 13.0. The van der Waals surface area contributed by atoms with Crippen LogP contribution in [-0.4, -0.2) is 53.5 Å². The molecule has 0 amide bonds. The number of nitrogens with zero attached hydrogens (tertiary/aromatic N) is 3. The number of anilines is 1. The Hall–Kier alpha value is -2.87. The second kappa shape index (κ2) is 11.3. The highest BCUT2D eigenvalue weighted by Gasteiger charge is 2.36. The molecule has 2 aromatic rings. The van der Waals surface area contributed by atoms with E-state index in [1.807, 2.05) is 33.8 Å². The van der Waals surface area contributed by atoms with Gasteiger partial charge in [0.05, 0.1) is 25.0 Å². The summed E-state index contributed by atoms with van der Waals surface area (Å²) in [5, 5.41) is 10.3. The average molecular weight is 514 g/mol. The van der Waals surface area contributed by atoms with E-state index in [1.54, 1.807) is 19.5 Å². The van der Waals surface area contributed by atoms with E-state index < -0.39 is 17.7 Å². The average Bonchev–Trinajstić information content (AvgIpc) is 2.80. The summed E-state index contributed by atoms with van der Waals surface area (Å²) in [5.41, 5.74) is 3.20. The monoisotopic (exact) mass is 513 g/mol. The molecule has 1 aliphatic rings. The van der Waals surface area contributed by atoms with Crippen LogP contribution in [0.15, 0.2) is 18.5 Å². The highest BCUT2D eigenvalue weighted by molar-refractivity contribution is 5.86. The Morgan fingerprint density at radius 2 is 1.81 bits per heavy atom. The van der Waals surface area contributed by atoms with Crippen LogP contribution in [0.5, 0.6) is 11.6 Å². The molecule has 2 aromatic heterocycles. The van der Waals surface area contributed by atoms with Gasteiger partial charge >= 0.3 is 5.97 Å². The maximum Gasteiger partial charge on any atom is 0.337 e. The summed E-state index contributed by atoms with van der Waals surface area (Å²) in [6.07, 6.45) is 4.37. The molecule has 1 aliphatic heterocycles. The lowest BCUT2D eigenvalue weighted by molar-refractivity contribution is -0.160. The van der Waals surface area contributed by atoms with Gasteiger partial charge in [0.15, 0.2) is 11.9 Å². The highest BCUT2D eigenvalue weighted by atomic mass is 16.5. The Balaban J connectivity index is 2.21. The zero-order valence-electron chi connectivity index (χ0n) is 23.8. The van der Waals surface area contributed by atoms with Crippen LogP contribution in [0.1, 0.15) is 78.7 Å². The summed E-state index contributed by atoms with van der Waals surface area (Å²) >= 11 is 0. The van der Waals surface area contributed by atoms with Gasteiger partial charge in [-0.2, -0.15) is 0 Å². The molecule has 37 heavy (non-hydrogen) atoms. The number of aryl methyl sites for hydroxylation is 1. The van der Waals surface area contributed by atoms with E-state index in [-0.39, 0.29) is 5.41 Å². The van der Waals surface area contributed by atoms with Crippen molar-refractivity contribution in [2.45, 2.75) is 79.9 Å². The van der Waals surface area contributed by atoms with Gasteiger partial charge in [-0.05, 0) is 57.9 Å². The minimum atomic E-state index is -1.17. The number of pyridine rings is 2. The van der Waals surface area contributed by atoms with Crippen molar-refractivity contribution in [3.8, 4) is 22.8 Å². The molecule has 8 heteroatoms. The van der Waals surface area contributed by atoms with Crippen LogP contribution in [0.3, 0.4) is 0 Å². The fourth-order valence-electron chi connectivity index (χ4n) is 4.48. The van der Waals surface area contributed by atoms with Crippen molar-refractivity contribution in [3.63, 3.8) is 0 Å². The first kappa shape index (κ1) is 28.7. The summed E-state index contributed by atoms with van der Waals surface area (Å²) < 4.78 is 17.6. The standard InChI is InChI=1S/C29H43N3O5/c1-18(2)17-36-26-22(35-9)14-20(15-31-26)21-16-30-19(3)23(25(27(33)34)37-28(4,5)6)24(21)32-12-10-29(7,8)11-13-32/h14-16,18,25H,10-13,17H2,1-9H3,(H,33,34)/t25-/m0/s1. The number of methoxy groups -OCH3 is 1. The van der Waals surface area contributed by atoms with E-state index in [1.165, 1.54) is 0 Å². The van der Waals surface area contributed by atoms with E-state index in [0.29, 0.717) is 35.4 Å². The van der Waals surface area contributed by atoms with E-state index in [9.17, 15) is 9.90 Å². The Kier molecular flexibility index (Phi) is 8.73. The third-order valence-corrected chi connectivity index (χ3v) is 6.58. The zero-order chi connectivity index (χ0) is 27.5. The van der Waals surface area contributed by atoms with Crippen molar-refractivity contribution in [1.82, 2.24) is 9.97 Å². The number of hydrogen-bond donors (Lipinski definition) is 1. The Morgan fingerprint density at radius 3 is 2.35 bits per heavy atom. The van der Waals surface area contributed by atoms with Crippen molar-refractivity contribution in [3.05, 3.63) is 29.7 Å². The lowest BCUT2D eigenvalue weighted by Crippen LogP contribution is -2.39. The number of carboxylic acids is 1. The summed E-state index contributed by atoms with van der Waals surface area (Å²) in [4.78, 5) is 24.0. The van der Waals surface area contributed by atoms with Crippen molar-refractivity contribution in [2.24, 2.45) is 11.3 Å². The molecule has 204 valence electrons. The minimum absolute atomic E-state index is 0.229. The van der Waals surface area contributed by atoms with Crippen molar-refractivity contribution in [1.29, 1.82) is 0 Å². The Bertz CT molecular complexity index is 1100. The van der Waals surface area contributed by atoms with Crippen LogP contribution in [0.4, 0.5) is 5.69 Å². The fraction of sp³-hybridized carbons (Fsp3) is 0.621. The first-order valence-electron chi connectivity index (χ1n) is 13.0. The van der Waals surface area contributed by atoms with Crippen LogP contribution in [0.2, 0.25) is 0 Å². The molecule has 0 saturated carbocycles. The molecule has 8 nitrogen and oxygen atoms in total. The maximum atomic E-state index is 12.6. The second-order valence-corrected chi connectivity index (χ2v) is 12.1. The quantitative estimate of drug-likeness (QED) is 0.432. The van der Waals surface area contributed by atoms with Crippen LogP contribution in [0, 0.1) is 18.3 Å². The second-order valence-electron chi connectivity index (χ2n) is 12.1. The van der Waals surface area contributed by atoms with Gasteiger partial charge in [0, 0.05) is 47.9 Å². The molecule has 0 unspecified atom stereocenters. The number of carboxylic acid groups (broad SMARTS) is 1. The molecule has 0 radical (unpaired) electrons. The van der Waals surface area contributed by atoms with E-state index >= 15 is 0 Å². The fourth-order valence-corrected chi connectivity index (χ4v) is 4.48. The van der Waals surface area contributed by atoms with Gasteiger partial charge in [-0.1, -0.05) is 27.7 Å². The topological polar surface area (TPSA) is 94.0 Å². The molecule has 0 aliphatic carbocycles. The van der Waals surface area contributed by atoms with Crippen LogP contribution < -0.4 is 14.4 Å². The number of hydrogen-bond acceptors (Lipinski definition) is 7. The van der Waals surface area contributed by atoms with Crippen molar-refractivity contribution >= 4 is 11.7 Å². The van der Waals surface area contributed by atoms with Gasteiger partial charge in [-0.25, -0.2) is 9.78 Å². The van der Waals surface area contributed by atoms with Crippen molar-refractivity contribution < 1.29 is 24.1 Å². The minimum Gasteiger partial charge on any atom is -0.491 e. The normalized spacial score (nSPS) is 16.5. The Labute approximate surface area is 221 Å². The SMILES string of the molecule is COc1cc(-c2cnc(C)c([C@H](OC(C)(C)C)C(=O)O)c2N2CCC(C)(C)CC2)cnc1OCC(C)C. The third-order valence-electron chi connectivity index (χ3n) is 6.58. The van der Waals surface area contributed by atoms with Crippen molar-refractivity contribution in [2.75, 3.05) is 31.7 Å². The van der Waals surface area contributed by atoms with Gasteiger partial charge < -0.3 is 24.2 Å². The van der Waals surface area contributed by atoms with E-state index in [0.717, 1.165) is 42.7 Å². The maximum absolute atomic E-state index is 12.6. The lowest BCUT2D eigenvalue weighted by Gasteiger charge is -2.41. The molecule has 1 saturated heterocycles. The molecular weight excluding hydrogens is 470 g/mol. The molecule has 3 heterocycles. The molecule has 1 fully saturated rings. The summed E-state index contributed by atoms with van der Waals surface area (Å²) in [6, 6.07) is 1.89. The summed E-state index contributed by atoms with van der Waals surface area (Å²) in [7, 11) is 1.59. The number of carbonyl (C=O) groups is 1. The number of aromatic nitrogens is 2. The largest absolute Gasteiger partial charge is 0.491 e. The number of aliphatic carboxylic acids is 1. The third kappa shape index (κ3) is 7.12.